The maximum absolute atomic E-state index is 12.4. The van der Waals surface area contributed by atoms with Crippen LogP contribution in [0.4, 0.5) is 5.69 Å². The summed E-state index contributed by atoms with van der Waals surface area (Å²) in [5.41, 5.74) is 3.43. The highest BCUT2D eigenvalue weighted by Gasteiger charge is 2.18. The van der Waals surface area contributed by atoms with E-state index in [4.69, 9.17) is 4.74 Å². The number of hydrogen-bond donors (Lipinski definition) is 1. The molecule has 1 aliphatic heterocycles. The monoisotopic (exact) mass is 338 g/mol. The van der Waals surface area contributed by atoms with Crippen molar-refractivity contribution in [3.8, 4) is 0 Å². The Balaban J connectivity index is 1.59. The zero-order valence-electron chi connectivity index (χ0n) is 14.3. The van der Waals surface area contributed by atoms with Crippen LogP contribution in [0.3, 0.4) is 0 Å². The number of aryl methyl sites for hydroxylation is 1. The lowest BCUT2D eigenvalue weighted by molar-refractivity contribution is -0.115. The minimum atomic E-state index is -0.0680. The minimum absolute atomic E-state index is 0.00101. The first-order valence-corrected chi connectivity index (χ1v) is 8.45. The zero-order valence-corrected chi connectivity index (χ0v) is 14.3. The Morgan fingerprint density at radius 2 is 1.72 bits per heavy atom. The van der Waals surface area contributed by atoms with Crippen molar-refractivity contribution in [1.29, 1.82) is 0 Å². The standard InChI is InChI=1S/C20H22N2O3/c1-15-4-2-3-5-17(15)14-19(23)21-18-8-6-16(7-9-18)20(24)22-10-12-25-13-11-22/h2-9H,10-14H2,1H3,(H,21,23). The highest BCUT2D eigenvalue weighted by atomic mass is 16.5. The topological polar surface area (TPSA) is 58.6 Å². The van der Waals surface area contributed by atoms with E-state index in [0.717, 1.165) is 11.1 Å². The van der Waals surface area contributed by atoms with Gasteiger partial charge in [0.2, 0.25) is 5.91 Å². The second-order valence-electron chi connectivity index (χ2n) is 6.13. The lowest BCUT2D eigenvalue weighted by atomic mass is 10.1. The van der Waals surface area contributed by atoms with Gasteiger partial charge in [-0.15, -0.1) is 0 Å². The molecule has 1 aliphatic rings. The van der Waals surface area contributed by atoms with Crippen LogP contribution in [-0.4, -0.2) is 43.0 Å². The molecule has 2 aromatic rings. The van der Waals surface area contributed by atoms with Crippen LogP contribution in [0.15, 0.2) is 48.5 Å². The molecule has 0 unspecified atom stereocenters. The van der Waals surface area contributed by atoms with Gasteiger partial charge in [0.25, 0.3) is 5.91 Å². The largest absolute Gasteiger partial charge is 0.378 e. The molecule has 130 valence electrons. The lowest BCUT2D eigenvalue weighted by Gasteiger charge is -2.26. The Labute approximate surface area is 147 Å². The molecule has 5 nitrogen and oxygen atoms in total. The highest BCUT2D eigenvalue weighted by molar-refractivity contribution is 5.96. The quantitative estimate of drug-likeness (QED) is 0.932. The number of nitrogens with zero attached hydrogens (tertiary/aromatic N) is 1. The maximum Gasteiger partial charge on any atom is 0.254 e. The van der Waals surface area contributed by atoms with Gasteiger partial charge in [0, 0.05) is 24.3 Å². The molecular weight excluding hydrogens is 316 g/mol. The number of carbonyl (C=O) groups excluding carboxylic acids is 2. The Kier molecular flexibility index (Phi) is 5.46. The van der Waals surface area contributed by atoms with E-state index in [9.17, 15) is 9.59 Å². The smallest absolute Gasteiger partial charge is 0.254 e. The fourth-order valence-electron chi connectivity index (χ4n) is 2.83. The van der Waals surface area contributed by atoms with Crippen molar-refractivity contribution in [2.75, 3.05) is 31.6 Å². The van der Waals surface area contributed by atoms with E-state index < -0.39 is 0 Å². The highest BCUT2D eigenvalue weighted by Crippen LogP contribution is 2.14. The Hall–Kier alpha value is -2.66. The normalized spacial score (nSPS) is 14.2. The molecule has 0 saturated carbocycles. The molecule has 0 aliphatic carbocycles. The van der Waals surface area contributed by atoms with Crippen molar-refractivity contribution in [1.82, 2.24) is 4.90 Å². The van der Waals surface area contributed by atoms with Crippen molar-refractivity contribution < 1.29 is 14.3 Å². The molecule has 0 spiro atoms. The van der Waals surface area contributed by atoms with Gasteiger partial charge in [0.05, 0.1) is 19.6 Å². The number of ether oxygens (including phenoxy) is 1. The van der Waals surface area contributed by atoms with E-state index in [2.05, 4.69) is 5.32 Å². The Bertz CT molecular complexity index is 750. The van der Waals surface area contributed by atoms with Crippen molar-refractivity contribution in [2.24, 2.45) is 0 Å². The molecule has 2 aromatic carbocycles. The van der Waals surface area contributed by atoms with E-state index in [0.29, 0.717) is 44.0 Å². The number of rotatable bonds is 4. The molecule has 3 rings (SSSR count). The van der Waals surface area contributed by atoms with Crippen LogP contribution in [0.25, 0.3) is 0 Å². The molecule has 1 N–H and O–H groups in total. The molecule has 25 heavy (non-hydrogen) atoms. The summed E-state index contributed by atoms with van der Waals surface area (Å²) in [5, 5.41) is 2.88. The first kappa shape index (κ1) is 17.2. The van der Waals surface area contributed by atoms with Gasteiger partial charge in [-0.25, -0.2) is 0 Å². The Morgan fingerprint density at radius 1 is 1.04 bits per heavy atom. The maximum atomic E-state index is 12.4. The average molecular weight is 338 g/mol. The predicted molar refractivity (Wildman–Crippen MR) is 96.7 cm³/mol. The summed E-state index contributed by atoms with van der Waals surface area (Å²) in [4.78, 5) is 26.4. The molecule has 2 amide bonds. The van der Waals surface area contributed by atoms with E-state index >= 15 is 0 Å². The van der Waals surface area contributed by atoms with Gasteiger partial charge >= 0.3 is 0 Å². The first-order valence-electron chi connectivity index (χ1n) is 8.45. The molecule has 0 bridgehead atoms. The molecule has 0 atom stereocenters. The first-order chi connectivity index (χ1) is 12.1. The van der Waals surface area contributed by atoms with Gasteiger partial charge in [-0.2, -0.15) is 0 Å². The number of anilines is 1. The van der Waals surface area contributed by atoms with Gasteiger partial charge in [0.1, 0.15) is 0 Å². The average Bonchev–Trinajstić information content (AvgIpc) is 2.64. The zero-order chi connectivity index (χ0) is 17.6. The van der Waals surface area contributed by atoms with Crippen molar-refractivity contribution in [3.63, 3.8) is 0 Å². The van der Waals surface area contributed by atoms with Gasteiger partial charge in [0.15, 0.2) is 0 Å². The summed E-state index contributed by atoms with van der Waals surface area (Å²) in [6.07, 6.45) is 0.334. The minimum Gasteiger partial charge on any atom is -0.378 e. The summed E-state index contributed by atoms with van der Waals surface area (Å²) in [5.74, 6) is -0.0670. The molecule has 1 saturated heterocycles. The van der Waals surface area contributed by atoms with Crippen LogP contribution < -0.4 is 5.32 Å². The molecule has 0 radical (unpaired) electrons. The van der Waals surface area contributed by atoms with Gasteiger partial charge in [-0.1, -0.05) is 24.3 Å². The third-order valence-corrected chi connectivity index (χ3v) is 4.33. The predicted octanol–water partition coefficient (Wildman–Crippen LogP) is 2.65. The number of benzene rings is 2. The van der Waals surface area contributed by atoms with Crippen LogP contribution in [0.1, 0.15) is 21.5 Å². The van der Waals surface area contributed by atoms with E-state index in [1.54, 1.807) is 29.2 Å². The van der Waals surface area contributed by atoms with Crippen LogP contribution >= 0.6 is 0 Å². The summed E-state index contributed by atoms with van der Waals surface area (Å²) >= 11 is 0. The number of morpholine rings is 1. The van der Waals surface area contributed by atoms with Crippen LogP contribution in [0.5, 0.6) is 0 Å². The van der Waals surface area contributed by atoms with Gasteiger partial charge in [-0.05, 0) is 42.3 Å². The third-order valence-electron chi connectivity index (χ3n) is 4.33. The van der Waals surface area contributed by atoms with Crippen LogP contribution in [-0.2, 0) is 16.0 Å². The molecule has 5 heteroatoms. The SMILES string of the molecule is Cc1ccccc1CC(=O)Nc1ccc(C(=O)N2CCOCC2)cc1. The lowest BCUT2D eigenvalue weighted by Crippen LogP contribution is -2.40. The molecule has 0 aromatic heterocycles. The van der Waals surface area contributed by atoms with Crippen LogP contribution in [0, 0.1) is 6.92 Å². The Morgan fingerprint density at radius 3 is 2.40 bits per heavy atom. The van der Waals surface area contributed by atoms with Crippen molar-refractivity contribution in [3.05, 3.63) is 65.2 Å². The summed E-state index contributed by atoms with van der Waals surface area (Å²) in [6.45, 7) is 4.40. The van der Waals surface area contributed by atoms with E-state index in [-0.39, 0.29) is 11.8 Å². The second-order valence-corrected chi connectivity index (χ2v) is 6.13. The number of carbonyl (C=O) groups is 2. The van der Waals surface area contributed by atoms with Crippen LogP contribution in [0.2, 0.25) is 0 Å². The summed E-state index contributed by atoms with van der Waals surface area (Å²) in [6, 6.07) is 14.9. The molecule has 1 fully saturated rings. The number of amides is 2. The van der Waals surface area contributed by atoms with E-state index in [1.807, 2.05) is 31.2 Å². The second kappa shape index (κ2) is 7.94. The molecular formula is C20H22N2O3. The third kappa shape index (κ3) is 4.45. The number of nitrogens with one attached hydrogen (secondary N) is 1. The summed E-state index contributed by atoms with van der Waals surface area (Å²) in [7, 11) is 0. The van der Waals surface area contributed by atoms with Crippen molar-refractivity contribution in [2.45, 2.75) is 13.3 Å². The fourth-order valence-corrected chi connectivity index (χ4v) is 2.83. The van der Waals surface area contributed by atoms with E-state index in [1.165, 1.54) is 0 Å². The summed E-state index contributed by atoms with van der Waals surface area (Å²) < 4.78 is 5.26. The molecule has 1 heterocycles. The fraction of sp³-hybridized carbons (Fsp3) is 0.300. The van der Waals surface area contributed by atoms with Gasteiger partial charge in [-0.3, -0.25) is 9.59 Å². The number of hydrogen-bond acceptors (Lipinski definition) is 3. The van der Waals surface area contributed by atoms with Gasteiger partial charge < -0.3 is 15.0 Å². The van der Waals surface area contributed by atoms with Crippen molar-refractivity contribution >= 4 is 17.5 Å².